The number of rotatable bonds is 6. The molecule has 0 aliphatic rings. The van der Waals surface area contributed by atoms with Crippen molar-refractivity contribution in [2.75, 3.05) is 0 Å². The highest BCUT2D eigenvalue weighted by atomic mass is 16.2. The van der Waals surface area contributed by atoms with E-state index in [2.05, 4.69) is 66.2 Å². The number of para-hydroxylation sites is 1. The van der Waals surface area contributed by atoms with Crippen LogP contribution >= 0.6 is 0 Å². The summed E-state index contributed by atoms with van der Waals surface area (Å²) in [5.74, 6) is -0.240. The largest absolute Gasteiger partial charge is 0.324 e. The fraction of sp³-hybridized carbons (Fsp3) is 0.154. The van der Waals surface area contributed by atoms with Gasteiger partial charge in [-0.15, -0.1) is 0 Å². The van der Waals surface area contributed by atoms with Crippen LogP contribution in [0.2, 0.25) is 0 Å². The number of carbonyl (C=O) groups excluding carboxylic acids is 1. The lowest BCUT2D eigenvalue weighted by atomic mass is 10.1. The van der Waals surface area contributed by atoms with Crippen molar-refractivity contribution in [2.45, 2.75) is 27.2 Å². The Morgan fingerprint density at radius 3 is 2.55 bits per heavy atom. The molecule has 5 nitrogen and oxygen atoms in total. The van der Waals surface area contributed by atoms with Crippen LogP contribution in [0.25, 0.3) is 11.4 Å². The molecule has 31 heavy (non-hydrogen) atoms. The van der Waals surface area contributed by atoms with E-state index in [-0.39, 0.29) is 5.91 Å². The predicted molar refractivity (Wildman–Crippen MR) is 125 cm³/mol. The first-order valence-electron chi connectivity index (χ1n) is 10.4. The van der Waals surface area contributed by atoms with Gasteiger partial charge in [-0.1, -0.05) is 31.2 Å². The second kappa shape index (κ2) is 8.88. The highest BCUT2D eigenvalue weighted by Gasteiger charge is 2.12. The highest BCUT2D eigenvalue weighted by molar-refractivity contribution is 5.95. The van der Waals surface area contributed by atoms with Gasteiger partial charge in [0.25, 0.3) is 5.91 Å². The molecule has 0 atom stereocenters. The van der Waals surface area contributed by atoms with Crippen molar-refractivity contribution in [2.24, 2.45) is 5.10 Å². The molecule has 0 aliphatic heterocycles. The van der Waals surface area contributed by atoms with Crippen LogP contribution < -0.4 is 5.43 Å². The molecule has 1 amide bonds. The summed E-state index contributed by atoms with van der Waals surface area (Å²) >= 11 is 0. The van der Waals surface area contributed by atoms with Crippen LogP contribution in [0.5, 0.6) is 0 Å². The number of aryl methyl sites for hydroxylation is 2. The Bertz CT molecular complexity index is 1230. The van der Waals surface area contributed by atoms with E-state index in [1.165, 1.54) is 11.3 Å². The smallest absolute Gasteiger partial charge is 0.271 e. The SMILES string of the molecule is CCc1ccccc1-n1c(C)cc(/C=N/NC(=O)c2cccc(-n3cccc3)c2)c1C. The van der Waals surface area contributed by atoms with Crippen LogP contribution in [0, 0.1) is 13.8 Å². The number of hydrazone groups is 1. The lowest BCUT2D eigenvalue weighted by Crippen LogP contribution is -2.17. The van der Waals surface area contributed by atoms with Crippen molar-refractivity contribution in [3.8, 4) is 11.4 Å². The molecule has 0 radical (unpaired) electrons. The number of hydrogen-bond acceptors (Lipinski definition) is 2. The molecule has 156 valence electrons. The van der Waals surface area contributed by atoms with E-state index in [1.54, 1.807) is 12.3 Å². The molecule has 5 heteroatoms. The minimum Gasteiger partial charge on any atom is -0.324 e. The van der Waals surface area contributed by atoms with Crippen molar-refractivity contribution in [1.82, 2.24) is 14.6 Å². The van der Waals surface area contributed by atoms with Crippen LogP contribution in [0.15, 0.2) is 84.2 Å². The second-order valence-corrected chi connectivity index (χ2v) is 7.48. The number of benzene rings is 2. The number of carbonyl (C=O) groups is 1. The maximum absolute atomic E-state index is 12.6. The maximum atomic E-state index is 12.6. The molecule has 0 aliphatic carbocycles. The van der Waals surface area contributed by atoms with Gasteiger partial charge in [0.2, 0.25) is 0 Å². The molecule has 0 spiro atoms. The van der Waals surface area contributed by atoms with E-state index in [9.17, 15) is 4.79 Å². The summed E-state index contributed by atoms with van der Waals surface area (Å²) < 4.78 is 4.20. The summed E-state index contributed by atoms with van der Waals surface area (Å²) in [6.45, 7) is 6.32. The van der Waals surface area contributed by atoms with Crippen LogP contribution in [-0.2, 0) is 6.42 Å². The zero-order chi connectivity index (χ0) is 21.8. The van der Waals surface area contributed by atoms with Crippen molar-refractivity contribution in [3.63, 3.8) is 0 Å². The Labute approximate surface area is 182 Å². The molecule has 2 aromatic carbocycles. The molecule has 0 saturated carbocycles. The molecule has 0 unspecified atom stereocenters. The predicted octanol–water partition coefficient (Wildman–Crippen LogP) is 5.21. The Balaban J connectivity index is 1.52. The average Bonchev–Trinajstić information content (AvgIpc) is 3.42. The first kappa shape index (κ1) is 20.4. The minimum atomic E-state index is -0.240. The average molecular weight is 411 g/mol. The normalized spacial score (nSPS) is 11.2. The van der Waals surface area contributed by atoms with Gasteiger partial charge in [0, 0.05) is 46.3 Å². The molecule has 1 N–H and O–H groups in total. The van der Waals surface area contributed by atoms with Crippen molar-refractivity contribution < 1.29 is 4.79 Å². The summed E-state index contributed by atoms with van der Waals surface area (Å²) in [7, 11) is 0. The highest BCUT2D eigenvalue weighted by Crippen LogP contribution is 2.23. The molecule has 0 saturated heterocycles. The van der Waals surface area contributed by atoms with E-state index < -0.39 is 0 Å². The van der Waals surface area contributed by atoms with Crippen molar-refractivity contribution in [3.05, 3.63) is 107 Å². The van der Waals surface area contributed by atoms with Gasteiger partial charge < -0.3 is 9.13 Å². The zero-order valence-corrected chi connectivity index (χ0v) is 18.0. The number of amides is 1. The number of nitrogens with zero attached hydrogens (tertiary/aromatic N) is 3. The van der Waals surface area contributed by atoms with Gasteiger partial charge >= 0.3 is 0 Å². The monoisotopic (exact) mass is 410 g/mol. The molecule has 0 bridgehead atoms. The molecule has 2 aromatic heterocycles. The fourth-order valence-electron chi connectivity index (χ4n) is 3.86. The van der Waals surface area contributed by atoms with Gasteiger partial charge in [-0.3, -0.25) is 4.79 Å². The third-order valence-corrected chi connectivity index (χ3v) is 5.46. The van der Waals surface area contributed by atoms with Crippen molar-refractivity contribution in [1.29, 1.82) is 0 Å². The van der Waals surface area contributed by atoms with Gasteiger partial charge in [0.15, 0.2) is 0 Å². The topological polar surface area (TPSA) is 51.3 Å². The van der Waals surface area contributed by atoms with E-state index in [0.717, 1.165) is 29.1 Å². The molecule has 0 fully saturated rings. The van der Waals surface area contributed by atoms with Crippen LogP contribution in [0.1, 0.15) is 39.8 Å². The molecular formula is C26H26N4O. The Kier molecular flexibility index (Phi) is 5.85. The van der Waals surface area contributed by atoms with Crippen LogP contribution in [0.4, 0.5) is 0 Å². The summed E-state index contributed by atoms with van der Waals surface area (Å²) in [5, 5.41) is 4.22. The maximum Gasteiger partial charge on any atom is 0.271 e. The van der Waals surface area contributed by atoms with E-state index in [0.29, 0.717) is 5.56 Å². The summed E-state index contributed by atoms with van der Waals surface area (Å²) in [5.41, 5.74) is 9.82. The number of nitrogens with one attached hydrogen (secondary N) is 1. The first-order chi connectivity index (χ1) is 15.1. The minimum absolute atomic E-state index is 0.240. The first-order valence-corrected chi connectivity index (χ1v) is 10.4. The number of aromatic nitrogens is 2. The van der Waals surface area contributed by atoms with Gasteiger partial charge in [0.05, 0.1) is 6.21 Å². The van der Waals surface area contributed by atoms with E-state index in [1.807, 2.05) is 47.3 Å². The Morgan fingerprint density at radius 2 is 1.77 bits per heavy atom. The van der Waals surface area contributed by atoms with E-state index in [4.69, 9.17) is 0 Å². The third-order valence-electron chi connectivity index (χ3n) is 5.46. The van der Waals surface area contributed by atoms with Crippen LogP contribution in [0.3, 0.4) is 0 Å². The Hall–Kier alpha value is -3.86. The van der Waals surface area contributed by atoms with Gasteiger partial charge in [0.1, 0.15) is 0 Å². The number of hydrogen-bond donors (Lipinski definition) is 1. The summed E-state index contributed by atoms with van der Waals surface area (Å²) in [4.78, 5) is 12.6. The fourth-order valence-corrected chi connectivity index (χ4v) is 3.86. The van der Waals surface area contributed by atoms with Gasteiger partial charge in [-0.2, -0.15) is 5.10 Å². The summed E-state index contributed by atoms with van der Waals surface area (Å²) in [6.07, 6.45) is 6.57. The van der Waals surface area contributed by atoms with Gasteiger partial charge in [-0.05, 0) is 68.3 Å². The molecular weight excluding hydrogens is 384 g/mol. The second-order valence-electron chi connectivity index (χ2n) is 7.48. The molecule has 4 rings (SSSR count). The lowest BCUT2D eigenvalue weighted by Gasteiger charge is -2.13. The zero-order valence-electron chi connectivity index (χ0n) is 18.0. The molecule has 2 heterocycles. The standard InChI is InChI=1S/C26H26N4O/c1-4-21-10-5-6-13-25(21)30-19(2)16-23(20(30)3)18-27-28-26(31)22-11-9-12-24(17-22)29-14-7-8-15-29/h5-18H,4H2,1-3H3,(H,28,31)/b27-18+. The van der Waals surface area contributed by atoms with Gasteiger partial charge in [-0.25, -0.2) is 5.43 Å². The van der Waals surface area contributed by atoms with Crippen molar-refractivity contribution >= 4 is 12.1 Å². The summed E-state index contributed by atoms with van der Waals surface area (Å²) in [6, 6.07) is 21.9. The Morgan fingerprint density at radius 1 is 1.00 bits per heavy atom. The van der Waals surface area contributed by atoms with Crippen LogP contribution in [-0.4, -0.2) is 21.3 Å². The quantitative estimate of drug-likeness (QED) is 0.344. The molecule has 4 aromatic rings. The third kappa shape index (κ3) is 4.21. The lowest BCUT2D eigenvalue weighted by molar-refractivity contribution is 0.0955. The van der Waals surface area contributed by atoms with E-state index >= 15 is 0 Å².